The fraction of sp³-hybridized carbons (Fsp3) is 0.125. The van der Waals surface area contributed by atoms with Crippen LogP contribution < -0.4 is 11.3 Å². The average Bonchev–Trinajstić information content (AvgIpc) is 2.27. The topological polar surface area (TPSA) is 98.3 Å². The molecule has 0 spiro atoms. The molecule has 0 aliphatic rings. The first-order chi connectivity index (χ1) is 7.42. The van der Waals surface area contributed by atoms with Crippen LogP contribution in [0.3, 0.4) is 0 Å². The molecule has 0 aliphatic carbocycles. The molecule has 86 valence electrons. The SMILES string of the molecule is NNC(=O)C(S)(c1ccc(Cl)cc1)[N+](=O)[O-]. The van der Waals surface area contributed by atoms with Crippen molar-refractivity contribution in [2.24, 2.45) is 5.84 Å². The van der Waals surface area contributed by atoms with Gasteiger partial charge in [-0.15, -0.1) is 0 Å². The molecule has 16 heavy (non-hydrogen) atoms. The number of carbonyl (C=O) groups excluding carboxylic acids is 1. The number of rotatable bonds is 3. The first-order valence-corrected chi connectivity index (χ1v) is 4.89. The lowest BCUT2D eigenvalue weighted by Crippen LogP contribution is -2.48. The Hall–Kier alpha value is -1.31. The van der Waals surface area contributed by atoms with E-state index in [2.05, 4.69) is 12.6 Å². The van der Waals surface area contributed by atoms with Crippen molar-refractivity contribution in [1.82, 2.24) is 5.43 Å². The highest BCUT2D eigenvalue weighted by Gasteiger charge is 2.49. The van der Waals surface area contributed by atoms with Crippen LogP contribution in [-0.4, -0.2) is 10.8 Å². The maximum atomic E-state index is 11.4. The van der Waals surface area contributed by atoms with Crippen molar-refractivity contribution < 1.29 is 9.72 Å². The van der Waals surface area contributed by atoms with E-state index in [1.165, 1.54) is 24.3 Å². The fourth-order valence-electron chi connectivity index (χ4n) is 1.10. The second-order valence-corrected chi connectivity index (χ2v) is 3.99. The minimum Gasteiger partial charge on any atom is -0.287 e. The number of hydrogen-bond acceptors (Lipinski definition) is 5. The largest absolute Gasteiger partial charge is 0.367 e. The van der Waals surface area contributed by atoms with Crippen LogP contribution >= 0.6 is 24.2 Å². The molecular weight excluding hydrogens is 254 g/mol. The molecule has 6 nitrogen and oxygen atoms in total. The summed E-state index contributed by atoms with van der Waals surface area (Å²) in [4.78, 5) is 19.2. The van der Waals surface area contributed by atoms with Crippen LogP contribution in [0.1, 0.15) is 5.56 Å². The Labute approximate surface area is 101 Å². The zero-order valence-corrected chi connectivity index (χ0v) is 9.53. The van der Waals surface area contributed by atoms with Gasteiger partial charge in [0.2, 0.25) is 0 Å². The quantitative estimate of drug-likeness (QED) is 0.186. The minimum absolute atomic E-state index is 0.0770. The molecule has 1 rings (SSSR count). The standard InChI is InChI=1S/C8H8ClN3O3S/c9-6-3-1-5(2-4-6)8(16,12(14)15)7(13)11-10/h1-4,16H,10H2,(H,11,13). The summed E-state index contributed by atoms with van der Waals surface area (Å²) in [6.07, 6.45) is 0. The van der Waals surface area contributed by atoms with Gasteiger partial charge in [-0.1, -0.05) is 24.2 Å². The first kappa shape index (κ1) is 12.8. The predicted molar refractivity (Wildman–Crippen MR) is 61.4 cm³/mol. The number of hydrazine groups is 1. The van der Waals surface area contributed by atoms with Gasteiger partial charge in [-0.2, -0.15) is 0 Å². The van der Waals surface area contributed by atoms with Crippen LogP contribution in [0.15, 0.2) is 24.3 Å². The summed E-state index contributed by atoms with van der Waals surface area (Å²) < 4.78 is 0. The lowest BCUT2D eigenvalue weighted by molar-refractivity contribution is -0.529. The summed E-state index contributed by atoms with van der Waals surface area (Å²) in [5.74, 6) is 3.86. The van der Waals surface area contributed by atoms with Crippen molar-refractivity contribution in [2.45, 2.75) is 4.87 Å². The van der Waals surface area contributed by atoms with E-state index >= 15 is 0 Å². The molecule has 1 amide bonds. The van der Waals surface area contributed by atoms with Crippen LogP contribution in [-0.2, 0) is 9.67 Å². The van der Waals surface area contributed by atoms with Crippen LogP contribution in [0, 0.1) is 10.1 Å². The van der Waals surface area contributed by atoms with E-state index in [1.54, 1.807) is 5.43 Å². The average molecular weight is 262 g/mol. The lowest BCUT2D eigenvalue weighted by atomic mass is 10.1. The van der Waals surface area contributed by atoms with Crippen molar-refractivity contribution >= 4 is 30.1 Å². The van der Waals surface area contributed by atoms with Crippen LogP contribution in [0.25, 0.3) is 0 Å². The molecule has 8 heteroatoms. The third kappa shape index (κ3) is 2.11. The van der Waals surface area contributed by atoms with Gasteiger partial charge >= 0.3 is 10.8 Å². The number of nitrogens with two attached hydrogens (primary N) is 1. The van der Waals surface area contributed by atoms with E-state index in [4.69, 9.17) is 17.4 Å². The Bertz CT molecular complexity index is 425. The summed E-state index contributed by atoms with van der Waals surface area (Å²) in [6.45, 7) is 0. The molecule has 0 radical (unpaired) electrons. The number of nitro groups is 1. The van der Waals surface area contributed by atoms with Crippen molar-refractivity contribution in [3.8, 4) is 0 Å². The van der Waals surface area contributed by atoms with Gasteiger partial charge in [-0.25, -0.2) is 5.84 Å². The predicted octanol–water partition coefficient (Wildman–Crippen LogP) is 0.689. The van der Waals surface area contributed by atoms with Crippen LogP contribution in [0.5, 0.6) is 0 Å². The maximum Gasteiger partial charge on any atom is 0.367 e. The van der Waals surface area contributed by atoms with Gasteiger partial charge in [-0.3, -0.25) is 20.3 Å². The van der Waals surface area contributed by atoms with Crippen LogP contribution in [0.2, 0.25) is 5.02 Å². The van der Waals surface area contributed by atoms with Crippen molar-refractivity contribution in [3.05, 3.63) is 45.0 Å². The summed E-state index contributed by atoms with van der Waals surface area (Å²) in [5.41, 5.74) is 1.79. The number of nitrogens with one attached hydrogen (secondary N) is 1. The van der Waals surface area contributed by atoms with E-state index in [-0.39, 0.29) is 5.56 Å². The zero-order chi connectivity index (χ0) is 12.3. The molecule has 0 saturated heterocycles. The lowest BCUT2D eigenvalue weighted by Gasteiger charge is -2.17. The van der Waals surface area contributed by atoms with E-state index in [1.807, 2.05) is 0 Å². The van der Waals surface area contributed by atoms with E-state index in [9.17, 15) is 14.9 Å². The van der Waals surface area contributed by atoms with Gasteiger partial charge in [-0.05, 0) is 24.3 Å². The minimum atomic E-state index is -2.22. The molecule has 0 aromatic heterocycles. The molecule has 0 fully saturated rings. The summed E-state index contributed by atoms with van der Waals surface area (Å²) in [6, 6.07) is 5.53. The molecule has 0 aliphatic heterocycles. The first-order valence-electron chi connectivity index (χ1n) is 4.07. The van der Waals surface area contributed by atoms with E-state index in [0.29, 0.717) is 5.02 Å². The third-order valence-electron chi connectivity index (χ3n) is 1.96. The Morgan fingerprint density at radius 2 is 2.00 bits per heavy atom. The number of thiol groups is 1. The zero-order valence-electron chi connectivity index (χ0n) is 7.88. The molecule has 1 aromatic carbocycles. The number of benzene rings is 1. The van der Waals surface area contributed by atoms with Gasteiger partial charge in [0.25, 0.3) is 0 Å². The van der Waals surface area contributed by atoms with E-state index in [0.717, 1.165) is 0 Å². The summed E-state index contributed by atoms with van der Waals surface area (Å²) in [7, 11) is 0. The van der Waals surface area contributed by atoms with Gasteiger partial charge in [0.05, 0.1) is 4.92 Å². The van der Waals surface area contributed by atoms with Gasteiger partial charge in [0.1, 0.15) is 0 Å². The monoisotopic (exact) mass is 261 g/mol. The third-order valence-corrected chi connectivity index (χ3v) is 2.84. The summed E-state index contributed by atoms with van der Waals surface area (Å²) in [5, 5.41) is 11.3. The molecule has 0 saturated carbocycles. The Morgan fingerprint density at radius 1 is 1.50 bits per heavy atom. The molecule has 1 unspecified atom stereocenters. The van der Waals surface area contributed by atoms with E-state index < -0.39 is 15.7 Å². The normalized spacial score (nSPS) is 13.9. The van der Waals surface area contributed by atoms with Gasteiger partial charge < -0.3 is 0 Å². The van der Waals surface area contributed by atoms with Crippen LogP contribution in [0.4, 0.5) is 0 Å². The fourth-order valence-corrected chi connectivity index (χ4v) is 1.44. The second kappa shape index (κ2) is 4.69. The molecule has 0 bridgehead atoms. The van der Waals surface area contributed by atoms with Gasteiger partial charge in [0.15, 0.2) is 0 Å². The molecule has 1 aromatic rings. The molecule has 3 N–H and O–H groups in total. The number of amides is 1. The maximum absolute atomic E-state index is 11.4. The second-order valence-electron chi connectivity index (χ2n) is 2.91. The number of nitrogens with zero attached hydrogens (tertiary/aromatic N) is 1. The molecule has 1 atom stereocenters. The molecule has 0 heterocycles. The van der Waals surface area contributed by atoms with Crippen molar-refractivity contribution in [1.29, 1.82) is 0 Å². The Kier molecular flexibility index (Phi) is 3.74. The Morgan fingerprint density at radius 3 is 2.38 bits per heavy atom. The molecular formula is C8H8ClN3O3S. The highest BCUT2D eigenvalue weighted by atomic mass is 35.5. The highest BCUT2D eigenvalue weighted by Crippen LogP contribution is 2.30. The number of halogens is 1. The summed E-state index contributed by atoms with van der Waals surface area (Å²) >= 11 is 9.41. The Balaban J connectivity index is 3.27. The number of hydrogen-bond donors (Lipinski definition) is 3. The number of carbonyl (C=O) groups is 1. The smallest absolute Gasteiger partial charge is 0.287 e. The van der Waals surface area contributed by atoms with Crippen molar-refractivity contribution in [2.75, 3.05) is 0 Å². The highest BCUT2D eigenvalue weighted by molar-refractivity contribution is 7.82. The van der Waals surface area contributed by atoms with Gasteiger partial charge in [0, 0.05) is 10.6 Å². The van der Waals surface area contributed by atoms with Crippen molar-refractivity contribution in [3.63, 3.8) is 0 Å².